The molecule has 2 heterocycles. The van der Waals surface area contributed by atoms with E-state index >= 15 is 0 Å². The maximum atomic E-state index is 12.2. The van der Waals surface area contributed by atoms with E-state index in [9.17, 15) is 9.59 Å². The summed E-state index contributed by atoms with van der Waals surface area (Å²) in [6.07, 6.45) is 1.82. The number of carbonyl (C=O) groups is 2. The van der Waals surface area contributed by atoms with Crippen LogP contribution in [0, 0.1) is 5.92 Å². The Morgan fingerprint density at radius 2 is 1.90 bits per heavy atom. The fraction of sp³-hybridized carbons (Fsp3) is 0.538. The molecular formula is C13H17N3O3S. The van der Waals surface area contributed by atoms with Crippen LogP contribution in [-0.2, 0) is 4.74 Å². The van der Waals surface area contributed by atoms with Crippen molar-refractivity contribution < 1.29 is 14.3 Å². The predicted molar refractivity (Wildman–Crippen MR) is 77.3 cm³/mol. The first-order valence-electron chi connectivity index (χ1n) is 6.68. The highest BCUT2D eigenvalue weighted by Crippen LogP contribution is 2.43. The molecule has 108 valence electrons. The van der Waals surface area contributed by atoms with Gasteiger partial charge >= 0.3 is 0 Å². The van der Waals surface area contributed by atoms with E-state index < -0.39 is 5.91 Å². The zero-order valence-corrected chi connectivity index (χ0v) is 11.9. The monoisotopic (exact) mass is 295 g/mol. The first-order chi connectivity index (χ1) is 9.59. The second-order valence-electron chi connectivity index (χ2n) is 5.13. The molecule has 4 N–H and O–H groups in total. The van der Waals surface area contributed by atoms with Crippen molar-refractivity contribution in [3.63, 3.8) is 0 Å². The molecule has 0 aromatic carbocycles. The van der Waals surface area contributed by atoms with Crippen molar-refractivity contribution in [2.45, 2.75) is 12.8 Å². The predicted octanol–water partition coefficient (Wildman–Crippen LogP) is 0.858. The number of nitrogen functional groups attached to an aromatic ring is 1. The zero-order chi connectivity index (χ0) is 14.3. The molecule has 0 radical (unpaired) electrons. The van der Waals surface area contributed by atoms with Crippen LogP contribution in [0.3, 0.4) is 0 Å². The number of carbonyl (C=O) groups excluding carboxylic acids is 2. The molecule has 1 aliphatic heterocycles. The van der Waals surface area contributed by atoms with Crippen molar-refractivity contribution in [2.24, 2.45) is 11.7 Å². The quantitative estimate of drug-likeness (QED) is 0.803. The van der Waals surface area contributed by atoms with Gasteiger partial charge in [0.25, 0.3) is 5.91 Å². The summed E-state index contributed by atoms with van der Waals surface area (Å²) >= 11 is 1.29. The van der Waals surface area contributed by atoms with Gasteiger partial charge in [-0.25, -0.2) is 0 Å². The van der Waals surface area contributed by atoms with E-state index in [-0.39, 0.29) is 17.4 Å². The molecule has 2 aliphatic rings. The first-order valence-corrected chi connectivity index (χ1v) is 7.50. The Bertz CT molecular complexity index is 559. The summed E-state index contributed by atoms with van der Waals surface area (Å²) in [6.45, 7) is 2.55. The average Bonchev–Trinajstić information content (AvgIpc) is 3.22. The lowest BCUT2D eigenvalue weighted by atomic mass is 10.1. The summed E-state index contributed by atoms with van der Waals surface area (Å²) in [5, 5.41) is 0.710. The van der Waals surface area contributed by atoms with E-state index in [1.54, 1.807) is 0 Å². The molecule has 3 rings (SSSR count). The molecule has 1 aromatic rings. The molecule has 6 nitrogen and oxygen atoms in total. The van der Waals surface area contributed by atoms with E-state index in [0.717, 1.165) is 12.8 Å². The van der Waals surface area contributed by atoms with Crippen molar-refractivity contribution in [3.05, 3.63) is 10.4 Å². The second kappa shape index (κ2) is 5.06. The first kappa shape index (κ1) is 13.4. The third-order valence-corrected chi connectivity index (χ3v) is 4.92. The molecule has 1 aromatic heterocycles. The summed E-state index contributed by atoms with van der Waals surface area (Å²) in [5.74, 6) is -0.446. The number of hydrogen-bond donors (Lipinski definition) is 2. The number of ether oxygens (including phenoxy) is 1. The minimum absolute atomic E-state index is 0.0505. The zero-order valence-electron chi connectivity index (χ0n) is 11.1. The highest BCUT2D eigenvalue weighted by atomic mass is 32.1. The van der Waals surface area contributed by atoms with Gasteiger partial charge in [0.05, 0.1) is 29.3 Å². The highest BCUT2D eigenvalue weighted by molar-refractivity contribution is 7.19. The van der Waals surface area contributed by atoms with Crippen LogP contribution in [0.25, 0.3) is 0 Å². The number of primary amides is 1. The van der Waals surface area contributed by atoms with Gasteiger partial charge in [0, 0.05) is 19.0 Å². The van der Waals surface area contributed by atoms with Crippen LogP contribution >= 0.6 is 11.3 Å². The highest BCUT2D eigenvalue weighted by Gasteiger charge is 2.35. The van der Waals surface area contributed by atoms with E-state index in [1.165, 1.54) is 11.3 Å². The van der Waals surface area contributed by atoms with Crippen molar-refractivity contribution in [2.75, 3.05) is 36.9 Å². The summed E-state index contributed by atoms with van der Waals surface area (Å²) < 4.78 is 5.30. The Kier molecular flexibility index (Phi) is 3.39. The minimum Gasteiger partial charge on any atom is -0.397 e. The Morgan fingerprint density at radius 3 is 2.45 bits per heavy atom. The maximum absolute atomic E-state index is 12.2. The summed E-state index contributed by atoms with van der Waals surface area (Å²) in [5.41, 5.74) is 12.0. The normalized spacial score (nSPS) is 19.1. The number of amides is 1. The van der Waals surface area contributed by atoms with Crippen LogP contribution < -0.4 is 16.4 Å². The maximum Gasteiger partial charge on any atom is 0.253 e. The van der Waals surface area contributed by atoms with Crippen molar-refractivity contribution in [1.29, 1.82) is 0 Å². The van der Waals surface area contributed by atoms with E-state index in [0.29, 0.717) is 41.7 Å². The van der Waals surface area contributed by atoms with Crippen LogP contribution in [0.1, 0.15) is 32.9 Å². The topological polar surface area (TPSA) is 98.6 Å². The number of thiophene rings is 1. The van der Waals surface area contributed by atoms with Gasteiger partial charge in [-0.3, -0.25) is 9.59 Å². The van der Waals surface area contributed by atoms with E-state index in [4.69, 9.17) is 16.2 Å². The van der Waals surface area contributed by atoms with Crippen LogP contribution in [0.15, 0.2) is 0 Å². The fourth-order valence-electron chi connectivity index (χ4n) is 2.37. The van der Waals surface area contributed by atoms with Gasteiger partial charge in [-0.05, 0) is 12.8 Å². The number of anilines is 2. The smallest absolute Gasteiger partial charge is 0.253 e. The van der Waals surface area contributed by atoms with Crippen LogP contribution in [0.5, 0.6) is 0 Å². The largest absolute Gasteiger partial charge is 0.397 e. The lowest BCUT2D eigenvalue weighted by molar-refractivity contribution is 0.0972. The average molecular weight is 295 g/mol. The number of nitrogens with two attached hydrogens (primary N) is 2. The number of Topliss-reactive ketones (excluding diaryl/α,β-unsaturated/α-hetero) is 1. The van der Waals surface area contributed by atoms with Crippen molar-refractivity contribution in [3.8, 4) is 0 Å². The second-order valence-corrected chi connectivity index (χ2v) is 6.13. The lowest BCUT2D eigenvalue weighted by Crippen LogP contribution is -2.36. The third kappa shape index (κ3) is 2.27. The number of nitrogens with zero attached hydrogens (tertiary/aromatic N) is 1. The summed E-state index contributed by atoms with van der Waals surface area (Å²) in [7, 11) is 0. The molecule has 2 fully saturated rings. The molecule has 0 atom stereocenters. The summed E-state index contributed by atoms with van der Waals surface area (Å²) in [4.78, 5) is 26.4. The van der Waals surface area contributed by atoms with Gasteiger partial charge < -0.3 is 21.1 Å². The Hall–Kier alpha value is -1.60. The lowest BCUT2D eigenvalue weighted by Gasteiger charge is -2.28. The van der Waals surface area contributed by atoms with Crippen LogP contribution in [0.4, 0.5) is 10.7 Å². The number of ketones is 1. The molecule has 1 saturated heterocycles. The Morgan fingerprint density at radius 1 is 1.25 bits per heavy atom. The number of hydrogen-bond acceptors (Lipinski definition) is 6. The molecular weight excluding hydrogens is 278 g/mol. The molecule has 1 saturated carbocycles. The van der Waals surface area contributed by atoms with Crippen LogP contribution in [0.2, 0.25) is 0 Å². The van der Waals surface area contributed by atoms with Gasteiger partial charge in [0.1, 0.15) is 5.00 Å². The standard InChI is InChI=1S/C13H17N3O3S/c14-9-8(12(15)18)13(16-3-5-19-6-4-16)20-11(9)10(17)7-1-2-7/h7H,1-6,14H2,(H2,15,18). The molecule has 1 amide bonds. The minimum atomic E-state index is -0.574. The molecule has 0 bridgehead atoms. The number of rotatable bonds is 4. The van der Waals surface area contributed by atoms with Gasteiger partial charge in [0.15, 0.2) is 5.78 Å². The Balaban J connectivity index is 2.00. The fourth-order valence-corrected chi connectivity index (χ4v) is 3.67. The summed E-state index contributed by atoms with van der Waals surface area (Å²) in [6, 6.07) is 0. The molecule has 1 aliphatic carbocycles. The molecule has 20 heavy (non-hydrogen) atoms. The van der Waals surface area contributed by atoms with Gasteiger partial charge in [-0.1, -0.05) is 0 Å². The molecule has 0 unspecified atom stereocenters. The third-order valence-electron chi connectivity index (χ3n) is 3.64. The Labute approximate surface area is 120 Å². The van der Waals surface area contributed by atoms with E-state index in [1.807, 2.05) is 4.90 Å². The van der Waals surface area contributed by atoms with E-state index in [2.05, 4.69) is 0 Å². The van der Waals surface area contributed by atoms with Gasteiger partial charge in [0.2, 0.25) is 0 Å². The van der Waals surface area contributed by atoms with Crippen molar-refractivity contribution >= 4 is 33.7 Å². The SMILES string of the molecule is NC(=O)c1c(N2CCOCC2)sc(C(=O)C2CC2)c1N. The van der Waals surface area contributed by atoms with Gasteiger partial charge in [-0.2, -0.15) is 0 Å². The molecule has 0 spiro atoms. The van der Waals surface area contributed by atoms with Crippen LogP contribution in [-0.4, -0.2) is 38.0 Å². The van der Waals surface area contributed by atoms with Gasteiger partial charge in [-0.15, -0.1) is 11.3 Å². The molecule has 7 heteroatoms. The van der Waals surface area contributed by atoms with Crippen molar-refractivity contribution in [1.82, 2.24) is 0 Å². The number of morpholine rings is 1.